The van der Waals surface area contributed by atoms with E-state index in [1.165, 1.54) is 12.8 Å². The van der Waals surface area contributed by atoms with Crippen LogP contribution in [0.15, 0.2) is 0 Å². The van der Waals surface area contributed by atoms with Crippen LogP contribution in [0.4, 0.5) is 0 Å². The van der Waals surface area contributed by atoms with Crippen molar-refractivity contribution >= 4 is 5.97 Å². The van der Waals surface area contributed by atoms with Crippen LogP contribution in [0, 0.1) is 0 Å². The number of carbonyl (C=O) groups is 1. The summed E-state index contributed by atoms with van der Waals surface area (Å²) in [6, 6.07) is 0.362. The van der Waals surface area contributed by atoms with Crippen molar-refractivity contribution in [2.24, 2.45) is 0 Å². The number of hydrogen-bond acceptors (Lipinski definition) is 4. The van der Waals surface area contributed by atoms with Gasteiger partial charge in [0.1, 0.15) is 5.54 Å². The molecule has 4 heteroatoms. The molecule has 0 aromatic rings. The Morgan fingerprint density at radius 1 is 1.43 bits per heavy atom. The van der Waals surface area contributed by atoms with Crippen molar-refractivity contribution in [2.75, 3.05) is 19.7 Å². The van der Waals surface area contributed by atoms with Gasteiger partial charge in [0.2, 0.25) is 0 Å². The van der Waals surface area contributed by atoms with Gasteiger partial charge in [-0.25, -0.2) is 0 Å². The van der Waals surface area contributed by atoms with Crippen LogP contribution >= 0.6 is 0 Å². The monoisotopic (exact) mass is 298 g/mol. The van der Waals surface area contributed by atoms with Crippen molar-refractivity contribution in [3.05, 3.63) is 0 Å². The predicted octanol–water partition coefficient (Wildman–Crippen LogP) is 2.96. The average Bonchev–Trinajstić information content (AvgIpc) is 2.76. The van der Waals surface area contributed by atoms with Gasteiger partial charge in [-0.05, 0) is 73.4 Å². The Morgan fingerprint density at radius 3 is 2.57 bits per heavy atom. The molecule has 4 nitrogen and oxygen atoms in total. The summed E-state index contributed by atoms with van der Waals surface area (Å²) in [6.07, 6.45) is 4.28. The molecule has 2 unspecified atom stereocenters. The highest BCUT2D eigenvalue weighted by atomic mass is 16.5. The minimum Gasteiger partial charge on any atom is -0.465 e. The number of likely N-dealkylation sites (tertiary alicyclic amines) is 1. The van der Waals surface area contributed by atoms with Crippen LogP contribution in [0.2, 0.25) is 0 Å². The van der Waals surface area contributed by atoms with Gasteiger partial charge in [-0.2, -0.15) is 0 Å². The Hall–Kier alpha value is -0.610. The van der Waals surface area contributed by atoms with Crippen LogP contribution < -0.4 is 5.32 Å². The molecule has 1 rings (SSSR count). The molecule has 21 heavy (non-hydrogen) atoms. The lowest BCUT2D eigenvalue weighted by Crippen LogP contribution is -2.56. The largest absolute Gasteiger partial charge is 0.465 e. The fourth-order valence-electron chi connectivity index (χ4n) is 3.57. The van der Waals surface area contributed by atoms with E-state index in [9.17, 15) is 4.79 Å². The molecule has 0 saturated carbocycles. The molecule has 1 N–H and O–H groups in total. The van der Waals surface area contributed by atoms with Gasteiger partial charge in [0, 0.05) is 11.6 Å². The number of esters is 1. The maximum Gasteiger partial charge on any atom is 0.326 e. The molecular weight excluding hydrogens is 264 g/mol. The molecule has 0 aromatic carbocycles. The third kappa shape index (κ3) is 4.68. The zero-order valence-electron chi connectivity index (χ0n) is 14.8. The van der Waals surface area contributed by atoms with E-state index in [1.807, 2.05) is 13.8 Å². The van der Waals surface area contributed by atoms with Crippen molar-refractivity contribution in [3.63, 3.8) is 0 Å². The molecule has 1 aliphatic heterocycles. The first-order valence-electron chi connectivity index (χ1n) is 8.46. The maximum atomic E-state index is 12.4. The quantitative estimate of drug-likeness (QED) is 0.700. The summed E-state index contributed by atoms with van der Waals surface area (Å²) in [5.41, 5.74) is -0.357. The van der Waals surface area contributed by atoms with E-state index in [4.69, 9.17) is 4.74 Å². The summed E-state index contributed by atoms with van der Waals surface area (Å²) in [7, 11) is 0. The first kappa shape index (κ1) is 18.4. The van der Waals surface area contributed by atoms with Crippen molar-refractivity contribution in [2.45, 2.75) is 84.3 Å². The van der Waals surface area contributed by atoms with E-state index < -0.39 is 5.54 Å². The molecule has 1 aliphatic rings. The minimum atomic E-state index is -0.593. The van der Waals surface area contributed by atoms with Gasteiger partial charge in [0.15, 0.2) is 0 Å². The van der Waals surface area contributed by atoms with Crippen LogP contribution in [0.3, 0.4) is 0 Å². The van der Waals surface area contributed by atoms with Crippen LogP contribution in [0.5, 0.6) is 0 Å². The molecule has 124 valence electrons. The Morgan fingerprint density at radius 2 is 2.10 bits per heavy atom. The Kier molecular flexibility index (Phi) is 6.67. The highest BCUT2D eigenvalue weighted by Crippen LogP contribution is 2.32. The molecule has 0 aliphatic carbocycles. The summed E-state index contributed by atoms with van der Waals surface area (Å²) in [4.78, 5) is 14.9. The lowest BCUT2D eigenvalue weighted by molar-refractivity contribution is -0.151. The summed E-state index contributed by atoms with van der Waals surface area (Å²) in [5.74, 6) is -0.123. The van der Waals surface area contributed by atoms with Gasteiger partial charge in [-0.15, -0.1) is 0 Å². The van der Waals surface area contributed by atoms with Crippen molar-refractivity contribution < 1.29 is 9.53 Å². The summed E-state index contributed by atoms with van der Waals surface area (Å²) >= 11 is 0. The van der Waals surface area contributed by atoms with E-state index in [0.29, 0.717) is 12.6 Å². The van der Waals surface area contributed by atoms with Gasteiger partial charge >= 0.3 is 5.97 Å². The molecule has 0 aromatic heterocycles. The second-order valence-electron chi connectivity index (χ2n) is 7.14. The van der Waals surface area contributed by atoms with Crippen LogP contribution in [0.25, 0.3) is 0 Å². The second kappa shape index (κ2) is 7.59. The third-order valence-corrected chi connectivity index (χ3v) is 4.69. The molecule has 1 fully saturated rings. The van der Waals surface area contributed by atoms with Crippen LogP contribution in [0.1, 0.15) is 67.2 Å². The summed E-state index contributed by atoms with van der Waals surface area (Å²) in [5, 5.41) is 3.41. The van der Waals surface area contributed by atoms with Crippen LogP contribution in [-0.2, 0) is 9.53 Å². The standard InChI is InChI=1S/C17H34N2O2/c1-7-11-18-17(6,15(20)21-8-2)13-14(3)19-12-9-10-16(19,4)5/h14,18H,7-13H2,1-6H3. The van der Waals surface area contributed by atoms with Gasteiger partial charge in [0.25, 0.3) is 0 Å². The molecule has 2 atom stereocenters. The van der Waals surface area contributed by atoms with Crippen molar-refractivity contribution in [1.29, 1.82) is 0 Å². The first-order valence-corrected chi connectivity index (χ1v) is 8.46. The minimum absolute atomic E-state index is 0.123. The third-order valence-electron chi connectivity index (χ3n) is 4.69. The van der Waals surface area contributed by atoms with Crippen molar-refractivity contribution in [1.82, 2.24) is 10.2 Å². The molecule has 0 radical (unpaired) electrons. The second-order valence-corrected chi connectivity index (χ2v) is 7.14. The molecular formula is C17H34N2O2. The van der Waals surface area contributed by atoms with Crippen molar-refractivity contribution in [3.8, 4) is 0 Å². The highest BCUT2D eigenvalue weighted by molar-refractivity contribution is 5.80. The Balaban J connectivity index is 2.77. The fraction of sp³-hybridized carbons (Fsp3) is 0.941. The normalized spacial score (nSPS) is 22.8. The number of carbonyl (C=O) groups excluding carboxylic acids is 1. The number of hydrogen-bond donors (Lipinski definition) is 1. The topological polar surface area (TPSA) is 41.6 Å². The Labute approximate surface area is 130 Å². The lowest BCUT2D eigenvalue weighted by Gasteiger charge is -2.40. The number of nitrogens with one attached hydrogen (secondary N) is 1. The van der Waals surface area contributed by atoms with Gasteiger partial charge in [0.05, 0.1) is 6.61 Å². The smallest absolute Gasteiger partial charge is 0.326 e. The Bertz CT molecular complexity index is 344. The molecule has 0 spiro atoms. The average molecular weight is 298 g/mol. The van der Waals surface area contributed by atoms with E-state index in [-0.39, 0.29) is 11.5 Å². The van der Waals surface area contributed by atoms with E-state index in [2.05, 4.69) is 37.9 Å². The fourth-order valence-corrected chi connectivity index (χ4v) is 3.57. The van der Waals surface area contributed by atoms with E-state index >= 15 is 0 Å². The molecule has 1 heterocycles. The summed E-state index contributed by atoms with van der Waals surface area (Å²) in [6.45, 7) is 15.2. The molecule has 0 bridgehead atoms. The van der Waals surface area contributed by atoms with Gasteiger partial charge < -0.3 is 10.1 Å². The van der Waals surface area contributed by atoms with Crippen LogP contribution in [-0.4, -0.2) is 47.7 Å². The van der Waals surface area contributed by atoms with E-state index in [0.717, 1.165) is 25.9 Å². The predicted molar refractivity (Wildman–Crippen MR) is 87.4 cm³/mol. The van der Waals surface area contributed by atoms with Gasteiger partial charge in [-0.1, -0.05) is 6.92 Å². The summed E-state index contributed by atoms with van der Waals surface area (Å²) < 4.78 is 5.30. The number of nitrogens with zero attached hydrogens (tertiary/aromatic N) is 1. The highest BCUT2D eigenvalue weighted by Gasteiger charge is 2.41. The van der Waals surface area contributed by atoms with Gasteiger partial charge in [-0.3, -0.25) is 9.69 Å². The number of ether oxygens (including phenoxy) is 1. The number of rotatable bonds is 8. The first-order chi connectivity index (χ1) is 9.77. The maximum absolute atomic E-state index is 12.4. The molecule has 0 amide bonds. The zero-order valence-corrected chi connectivity index (χ0v) is 14.8. The van der Waals surface area contributed by atoms with E-state index in [1.54, 1.807) is 0 Å². The zero-order chi connectivity index (χ0) is 16.1. The molecule has 1 saturated heterocycles. The SMILES string of the molecule is CCCNC(C)(CC(C)N1CCCC1(C)C)C(=O)OCC. The lowest BCUT2D eigenvalue weighted by atomic mass is 9.90.